The molecule has 2 nitrogen and oxygen atoms in total. The van der Waals surface area contributed by atoms with E-state index in [1.807, 2.05) is 12.1 Å². The van der Waals surface area contributed by atoms with Crippen molar-refractivity contribution in [3.8, 4) is 0 Å². The maximum atomic E-state index is 6.18. The summed E-state index contributed by atoms with van der Waals surface area (Å²) in [5, 5.41) is 0. The zero-order valence-electron chi connectivity index (χ0n) is 10.9. The molecule has 0 fully saturated rings. The van der Waals surface area contributed by atoms with Crippen molar-refractivity contribution in [2.75, 3.05) is 10.6 Å². The van der Waals surface area contributed by atoms with Crippen molar-refractivity contribution in [1.82, 2.24) is 0 Å². The molecule has 1 heterocycles. The molecule has 2 aromatic rings. The molecule has 2 N–H and O–H groups in total. The van der Waals surface area contributed by atoms with Crippen LogP contribution in [-0.2, 0) is 6.42 Å². The third-order valence-corrected chi connectivity index (χ3v) is 4.27. The van der Waals surface area contributed by atoms with Crippen LogP contribution in [0.25, 0.3) is 0 Å². The van der Waals surface area contributed by atoms with Gasteiger partial charge >= 0.3 is 0 Å². The first kappa shape index (κ1) is 12.5. The number of halogens is 1. The molecule has 0 aliphatic carbocycles. The molecule has 1 unspecified atom stereocenters. The Kier molecular flexibility index (Phi) is 3.23. The Labute approximate surface area is 122 Å². The molecule has 98 valence electrons. The second-order valence-corrected chi connectivity index (χ2v) is 6.01. The standard InChI is InChI=1S/C16H17BrN2/c1-11-6-7-12-4-2-3-5-15(12)19(11)16-10-13(17)8-9-14(16)18/h2-5,8-11H,6-7,18H2,1H3. The van der Waals surface area contributed by atoms with E-state index in [2.05, 4.69) is 58.1 Å². The lowest BCUT2D eigenvalue weighted by molar-refractivity contribution is 0.618. The molecule has 3 rings (SSSR count). The fraction of sp³-hybridized carbons (Fsp3) is 0.250. The van der Waals surface area contributed by atoms with Gasteiger partial charge in [-0.1, -0.05) is 34.1 Å². The number of nitrogen functional groups attached to an aromatic ring is 1. The van der Waals surface area contributed by atoms with E-state index in [0.29, 0.717) is 6.04 Å². The zero-order valence-corrected chi connectivity index (χ0v) is 12.5. The fourth-order valence-electron chi connectivity index (χ4n) is 2.78. The van der Waals surface area contributed by atoms with Crippen LogP contribution in [0.15, 0.2) is 46.9 Å². The van der Waals surface area contributed by atoms with E-state index < -0.39 is 0 Å². The molecule has 1 atom stereocenters. The van der Waals surface area contributed by atoms with Crippen LogP contribution in [0.4, 0.5) is 17.1 Å². The predicted molar refractivity (Wildman–Crippen MR) is 84.9 cm³/mol. The summed E-state index contributed by atoms with van der Waals surface area (Å²) >= 11 is 3.54. The maximum absolute atomic E-state index is 6.18. The van der Waals surface area contributed by atoms with Crippen molar-refractivity contribution in [1.29, 1.82) is 0 Å². The number of anilines is 3. The van der Waals surface area contributed by atoms with Gasteiger partial charge in [-0.2, -0.15) is 0 Å². The van der Waals surface area contributed by atoms with Crippen LogP contribution in [0.3, 0.4) is 0 Å². The van der Waals surface area contributed by atoms with Gasteiger partial charge in [0.05, 0.1) is 11.4 Å². The Morgan fingerprint density at radius 3 is 2.79 bits per heavy atom. The molecule has 0 aromatic heterocycles. The number of hydrogen-bond donors (Lipinski definition) is 1. The van der Waals surface area contributed by atoms with Gasteiger partial charge in [0.1, 0.15) is 0 Å². The van der Waals surface area contributed by atoms with E-state index in [1.54, 1.807) is 0 Å². The summed E-state index contributed by atoms with van der Waals surface area (Å²) < 4.78 is 1.06. The highest BCUT2D eigenvalue weighted by Crippen LogP contribution is 2.40. The van der Waals surface area contributed by atoms with Crippen molar-refractivity contribution in [2.24, 2.45) is 0 Å². The molecule has 3 heteroatoms. The van der Waals surface area contributed by atoms with E-state index in [4.69, 9.17) is 5.73 Å². The van der Waals surface area contributed by atoms with Crippen LogP contribution in [0.2, 0.25) is 0 Å². The van der Waals surface area contributed by atoms with Gasteiger partial charge in [0.2, 0.25) is 0 Å². The second kappa shape index (κ2) is 4.89. The average molecular weight is 317 g/mol. The quantitative estimate of drug-likeness (QED) is 0.785. The number of nitrogens with two attached hydrogens (primary N) is 1. The number of nitrogens with zero attached hydrogens (tertiary/aromatic N) is 1. The Balaban J connectivity index is 2.16. The summed E-state index contributed by atoms with van der Waals surface area (Å²) in [4.78, 5) is 2.36. The van der Waals surface area contributed by atoms with E-state index in [9.17, 15) is 0 Å². The maximum Gasteiger partial charge on any atom is 0.0658 e. The number of fused-ring (bicyclic) bond motifs is 1. The van der Waals surface area contributed by atoms with Gasteiger partial charge in [-0.15, -0.1) is 0 Å². The first-order chi connectivity index (χ1) is 9.16. The van der Waals surface area contributed by atoms with Crippen LogP contribution >= 0.6 is 15.9 Å². The number of hydrogen-bond acceptors (Lipinski definition) is 2. The lowest BCUT2D eigenvalue weighted by Crippen LogP contribution is -2.33. The molecule has 0 saturated heterocycles. The minimum Gasteiger partial charge on any atom is -0.397 e. The lowest BCUT2D eigenvalue weighted by Gasteiger charge is -2.37. The van der Waals surface area contributed by atoms with Crippen molar-refractivity contribution < 1.29 is 0 Å². The van der Waals surface area contributed by atoms with Gasteiger partial charge < -0.3 is 10.6 Å². The Bertz CT molecular complexity index is 609. The van der Waals surface area contributed by atoms with E-state index in [0.717, 1.165) is 28.7 Å². The van der Waals surface area contributed by atoms with Crippen LogP contribution in [-0.4, -0.2) is 6.04 Å². The summed E-state index contributed by atoms with van der Waals surface area (Å²) in [6.07, 6.45) is 2.30. The monoisotopic (exact) mass is 316 g/mol. The highest BCUT2D eigenvalue weighted by molar-refractivity contribution is 9.10. The minimum absolute atomic E-state index is 0.464. The summed E-state index contributed by atoms with van der Waals surface area (Å²) in [5.74, 6) is 0. The van der Waals surface area contributed by atoms with Crippen molar-refractivity contribution in [2.45, 2.75) is 25.8 Å². The highest BCUT2D eigenvalue weighted by atomic mass is 79.9. The number of para-hydroxylation sites is 1. The molecule has 1 aliphatic heterocycles. The SMILES string of the molecule is CC1CCc2ccccc2N1c1cc(Br)ccc1N. The minimum atomic E-state index is 0.464. The first-order valence-electron chi connectivity index (χ1n) is 6.59. The lowest BCUT2D eigenvalue weighted by atomic mass is 9.95. The average Bonchev–Trinajstić information content (AvgIpc) is 2.42. The number of rotatable bonds is 1. The molecule has 2 aromatic carbocycles. The molecular formula is C16H17BrN2. The molecule has 0 saturated carbocycles. The Hall–Kier alpha value is -1.48. The smallest absolute Gasteiger partial charge is 0.0658 e. The summed E-state index contributed by atoms with van der Waals surface area (Å²) in [6, 6.07) is 15.1. The largest absolute Gasteiger partial charge is 0.397 e. The summed E-state index contributed by atoms with van der Waals surface area (Å²) in [5.41, 5.74) is 10.8. The molecule has 0 amide bonds. The predicted octanol–water partition coefficient (Wildman–Crippen LogP) is 4.50. The molecule has 0 bridgehead atoms. The van der Waals surface area contributed by atoms with Crippen LogP contribution in [0.5, 0.6) is 0 Å². The van der Waals surface area contributed by atoms with Crippen molar-refractivity contribution >= 4 is 33.0 Å². The van der Waals surface area contributed by atoms with Crippen molar-refractivity contribution in [3.05, 3.63) is 52.5 Å². The Morgan fingerprint density at radius 1 is 1.16 bits per heavy atom. The third kappa shape index (κ3) is 2.23. The third-order valence-electron chi connectivity index (χ3n) is 3.78. The number of benzene rings is 2. The van der Waals surface area contributed by atoms with Gasteiger partial charge in [-0.25, -0.2) is 0 Å². The van der Waals surface area contributed by atoms with Crippen LogP contribution < -0.4 is 10.6 Å². The van der Waals surface area contributed by atoms with E-state index in [1.165, 1.54) is 11.3 Å². The van der Waals surface area contributed by atoms with Gasteiger partial charge in [0.25, 0.3) is 0 Å². The zero-order chi connectivity index (χ0) is 13.4. The van der Waals surface area contributed by atoms with E-state index >= 15 is 0 Å². The van der Waals surface area contributed by atoms with Gasteiger partial charge in [0, 0.05) is 16.2 Å². The van der Waals surface area contributed by atoms with Crippen LogP contribution in [0, 0.1) is 0 Å². The summed E-state index contributed by atoms with van der Waals surface area (Å²) in [6.45, 7) is 2.26. The normalized spacial score (nSPS) is 18.2. The topological polar surface area (TPSA) is 29.3 Å². The molecular weight excluding hydrogens is 300 g/mol. The molecule has 1 aliphatic rings. The first-order valence-corrected chi connectivity index (χ1v) is 7.38. The molecule has 0 spiro atoms. The molecule has 19 heavy (non-hydrogen) atoms. The Morgan fingerprint density at radius 2 is 1.95 bits per heavy atom. The highest BCUT2D eigenvalue weighted by Gasteiger charge is 2.25. The molecule has 0 radical (unpaired) electrons. The van der Waals surface area contributed by atoms with Crippen LogP contribution in [0.1, 0.15) is 18.9 Å². The van der Waals surface area contributed by atoms with Gasteiger partial charge in [0.15, 0.2) is 0 Å². The summed E-state index contributed by atoms with van der Waals surface area (Å²) in [7, 11) is 0. The number of aryl methyl sites for hydroxylation is 1. The van der Waals surface area contributed by atoms with Gasteiger partial charge in [-0.3, -0.25) is 0 Å². The second-order valence-electron chi connectivity index (χ2n) is 5.09. The van der Waals surface area contributed by atoms with Crippen molar-refractivity contribution in [3.63, 3.8) is 0 Å². The van der Waals surface area contributed by atoms with Gasteiger partial charge in [-0.05, 0) is 49.6 Å². The van der Waals surface area contributed by atoms with E-state index in [-0.39, 0.29) is 0 Å². The fourth-order valence-corrected chi connectivity index (χ4v) is 3.13.